The third kappa shape index (κ3) is 5.92. The fourth-order valence-corrected chi connectivity index (χ4v) is 9.92. The van der Waals surface area contributed by atoms with Gasteiger partial charge in [-0.3, -0.25) is 0 Å². The van der Waals surface area contributed by atoms with E-state index >= 15 is 0 Å². The highest BCUT2D eigenvalue weighted by Crippen LogP contribution is 2.54. The van der Waals surface area contributed by atoms with Crippen molar-refractivity contribution in [2.75, 3.05) is 12.3 Å². The molecule has 0 aliphatic rings. The lowest BCUT2D eigenvalue weighted by Gasteiger charge is -2.24. The highest BCUT2D eigenvalue weighted by Gasteiger charge is 2.43. The molecule has 0 aliphatic heterocycles. The molecule has 4 aromatic carbocycles. The maximum absolute atomic E-state index is 14.1. The Hall–Kier alpha value is -2.72. The maximum atomic E-state index is 14.1. The zero-order valence-corrected chi connectivity index (χ0v) is 19.9. The van der Waals surface area contributed by atoms with Gasteiger partial charge in [0.15, 0.2) is 0 Å². The van der Waals surface area contributed by atoms with Crippen LogP contribution in [-0.4, -0.2) is 17.2 Å². The first-order valence-electron chi connectivity index (χ1n) is 10.5. The summed E-state index contributed by atoms with van der Waals surface area (Å²) in [6.45, 7) is 0. The topological polar surface area (TPSA) is 20.2 Å². The molecule has 4 rings (SSSR count). The SMILES string of the molecule is O[P+](CCP(c1cc(F)cc(F)c1)c1cc(F)cc(F)c1)(c1ccccc1)c1cc(F)cc(F)c1. The van der Waals surface area contributed by atoms with Gasteiger partial charge in [-0.1, -0.05) is 18.2 Å². The van der Waals surface area contributed by atoms with Crippen LogP contribution in [0.25, 0.3) is 0 Å². The van der Waals surface area contributed by atoms with Gasteiger partial charge in [-0.25, -0.2) is 31.2 Å². The first-order chi connectivity index (χ1) is 16.6. The van der Waals surface area contributed by atoms with E-state index in [2.05, 4.69) is 0 Å². The zero-order valence-electron chi connectivity index (χ0n) is 18.1. The third-order valence-corrected chi connectivity index (χ3v) is 11.3. The Balaban J connectivity index is 1.81. The minimum Gasteiger partial charge on any atom is -0.241 e. The molecule has 180 valence electrons. The second-order valence-electron chi connectivity index (χ2n) is 7.86. The van der Waals surface area contributed by atoms with Crippen LogP contribution in [0.3, 0.4) is 0 Å². The molecule has 0 heterocycles. The van der Waals surface area contributed by atoms with E-state index in [1.54, 1.807) is 30.3 Å². The molecular formula is C26H19F6OP2+. The number of hydrogen-bond donors (Lipinski definition) is 1. The van der Waals surface area contributed by atoms with Gasteiger partial charge in [-0.15, -0.1) is 0 Å². The minimum absolute atomic E-state index is 0.0401. The maximum Gasteiger partial charge on any atom is 0.207 e. The van der Waals surface area contributed by atoms with Gasteiger partial charge in [0.1, 0.15) is 45.5 Å². The van der Waals surface area contributed by atoms with Crippen molar-refractivity contribution in [1.29, 1.82) is 0 Å². The van der Waals surface area contributed by atoms with E-state index in [9.17, 15) is 31.2 Å². The average molecular weight is 523 g/mol. The molecule has 9 heteroatoms. The average Bonchev–Trinajstić information content (AvgIpc) is 2.78. The quantitative estimate of drug-likeness (QED) is 0.250. The van der Waals surface area contributed by atoms with E-state index in [1.807, 2.05) is 0 Å². The Kier molecular flexibility index (Phi) is 7.61. The highest BCUT2D eigenvalue weighted by molar-refractivity contribution is 7.85. The molecule has 1 atom stereocenters. The Morgan fingerprint density at radius 3 is 1.37 bits per heavy atom. The molecule has 0 spiro atoms. The first-order valence-corrected chi connectivity index (χ1v) is 13.9. The summed E-state index contributed by atoms with van der Waals surface area (Å²) in [6.07, 6.45) is -0.0136. The first kappa shape index (κ1) is 25.4. The van der Waals surface area contributed by atoms with Crippen LogP contribution in [0.1, 0.15) is 0 Å². The van der Waals surface area contributed by atoms with Crippen LogP contribution in [0, 0.1) is 34.9 Å². The van der Waals surface area contributed by atoms with E-state index < -0.39 is 50.3 Å². The molecule has 4 aromatic rings. The van der Waals surface area contributed by atoms with Gasteiger partial charge >= 0.3 is 0 Å². The van der Waals surface area contributed by atoms with Crippen LogP contribution in [0.5, 0.6) is 0 Å². The van der Waals surface area contributed by atoms with Crippen LogP contribution < -0.4 is 21.2 Å². The lowest BCUT2D eigenvalue weighted by Crippen LogP contribution is -2.28. The van der Waals surface area contributed by atoms with Gasteiger partial charge in [0.2, 0.25) is 7.49 Å². The summed E-state index contributed by atoms with van der Waals surface area (Å²) in [5, 5.41) is 0.836. The summed E-state index contributed by atoms with van der Waals surface area (Å²) < 4.78 is 84.4. The van der Waals surface area contributed by atoms with Gasteiger partial charge in [-0.2, -0.15) is 0 Å². The van der Waals surface area contributed by atoms with Gasteiger partial charge in [0, 0.05) is 36.5 Å². The smallest absolute Gasteiger partial charge is 0.207 e. The summed E-state index contributed by atoms with van der Waals surface area (Å²) in [5.41, 5.74) is 0. The molecule has 0 amide bonds. The summed E-state index contributed by atoms with van der Waals surface area (Å²) in [6, 6.07) is 16.8. The van der Waals surface area contributed by atoms with Gasteiger partial charge < -0.3 is 0 Å². The molecule has 0 saturated carbocycles. The molecule has 1 N–H and O–H groups in total. The predicted molar refractivity (Wildman–Crippen MR) is 130 cm³/mol. The third-order valence-electron chi connectivity index (χ3n) is 5.42. The molecule has 35 heavy (non-hydrogen) atoms. The van der Waals surface area contributed by atoms with Crippen molar-refractivity contribution in [2.45, 2.75) is 0 Å². The fraction of sp³-hybridized carbons (Fsp3) is 0.0769. The Morgan fingerprint density at radius 2 is 0.943 bits per heavy atom. The van der Waals surface area contributed by atoms with Crippen molar-refractivity contribution in [3.63, 3.8) is 0 Å². The summed E-state index contributed by atoms with van der Waals surface area (Å²) >= 11 is 0. The second kappa shape index (κ2) is 10.5. The number of benzene rings is 4. The largest absolute Gasteiger partial charge is 0.241 e. The number of halogens is 6. The van der Waals surface area contributed by atoms with Gasteiger partial charge in [-0.05, 0) is 54.9 Å². The van der Waals surface area contributed by atoms with Gasteiger partial charge in [0.05, 0.1) is 6.16 Å². The van der Waals surface area contributed by atoms with Crippen molar-refractivity contribution >= 4 is 36.6 Å². The minimum atomic E-state index is -3.41. The summed E-state index contributed by atoms with van der Waals surface area (Å²) in [5.74, 6) is -5.16. The van der Waals surface area contributed by atoms with Crippen molar-refractivity contribution in [3.8, 4) is 0 Å². The van der Waals surface area contributed by atoms with Crippen LogP contribution >= 0.6 is 15.4 Å². The molecule has 0 radical (unpaired) electrons. The van der Waals surface area contributed by atoms with Crippen molar-refractivity contribution in [3.05, 3.63) is 120 Å². The Bertz CT molecular complexity index is 1240. The van der Waals surface area contributed by atoms with Crippen molar-refractivity contribution in [1.82, 2.24) is 0 Å². The van der Waals surface area contributed by atoms with Crippen LogP contribution in [-0.2, 0) is 0 Å². The molecule has 0 bridgehead atoms. The molecule has 1 nitrogen and oxygen atoms in total. The number of hydrogen-bond acceptors (Lipinski definition) is 1. The van der Waals surface area contributed by atoms with E-state index in [4.69, 9.17) is 0 Å². The highest BCUT2D eigenvalue weighted by atomic mass is 31.2. The lowest BCUT2D eigenvalue weighted by molar-refractivity contribution is 0.582. The Morgan fingerprint density at radius 1 is 0.543 bits per heavy atom. The zero-order chi connectivity index (χ0) is 25.2. The summed E-state index contributed by atoms with van der Waals surface area (Å²) in [7, 11) is -5.16. The van der Waals surface area contributed by atoms with Crippen molar-refractivity contribution < 1.29 is 31.2 Å². The van der Waals surface area contributed by atoms with E-state index in [0.717, 1.165) is 36.4 Å². The number of rotatable bonds is 7. The summed E-state index contributed by atoms with van der Waals surface area (Å²) in [4.78, 5) is 11.9. The van der Waals surface area contributed by atoms with E-state index in [1.165, 1.54) is 0 Å². The van der Waals surface area contributed by atoms with E-state index in [-0.39, 0.29) is 28.2 Å². The van der Waals surface area contributed by atoms with Crippen LogP contribution in [0.15, 0.2) is 84.9 Å². The predicted octanol–water partition coefficient (Wildman–Crippen LogP) is 5.53. The fourth-order valence-electron chi connectivity index (χ4n) is 3.88. The molecule has 0 aliphatic carbocycles. The van der Waals surface area contributed by atoms with E-state index in [0.29, 0.717) is 23.5 Å². The van der Waals surface area contributed by atoms with Crippen LogP contribution in [0.4, 0.5) is 26.3 Å². The normalized spacial score (nSPS) is 13.1. The molecule has 0 aromatic heterocycles. The second-order valence-corrected chi connectivity index (χ2v) is 13.2. The van der Waals surface area contributed by atoms with Crippen LogP contribution in [0.2, 0.25) is 0 Å². The van der Waals surface area contributed by atoms with Crippen molar-refractivity contribution in [2.24, 2.45) is 0 Å². The standard InChI is InChI=1S/C26H19F6OP2/c27-17-8-18(28)12-23(11-17)34(24-13-19(29)9-20(30)14-24)6-7-35(33,25-4-2-1-3-5-25)26-15-21(31)10-22(32)16-26/h1-5,8-16,33H,6-7H2/q+1. The Labute approximate surface area is 200 Å². The molecule has 1 unspecified atom stereocenters. The monoisotopic (exact) mass is 523 g/mol. The lowest BCUT2D eigenvalue weighted by atomic mass is 10.3. The molecule has 0 saturated heterocycles. The van der Waals surface area contributed by atoms with Gasteiger partial charge in [0.25, 0.3) is 0 Å². The molecular weight excluding hydrogens is 504 g/mol. The molecule has 0 fully saturated rings.